The first-order valence-corrected chi connectivity index (χ1v) is 10.4. The van der Waals surface area contributed by atoms with Crippen LogP contribution in [0.5, 0.6) is 0 Å². The van der Waals surface area contributed by atoms with Crippen LogP contribution in [0.2, 0.25) is 0 Å². The predicted molar refractivity (Wildman–Crippen MR) is 119 cm³/mol. The van der Waals surface area contributed by atoms with E-state index in [-0.39, 0.29) is 5.91 Å². The third-order valence-corrected chi connectivity index (χ3v) is 4.92. The molecule has 0 fully saturated rings. The summed E-state index contributed by atoms with van der Waals surface area (Å²) in [4.78, 5) is 16.7. The third kappa shape index (κ3) is 5.97. The Morgan fingerprint density at radius 2 is 1.87 bits per heavy atom. The van der Waals surface area contributed by atoms with Gasteiger partial charge in [-0.3, -0.25) is 9.79 Å². The van der Waals surface area contributed by atoms with Crippen molar-refractivity contribution in [3.63, 3.8) is 0 Å². The van der Waals surface area contributed by atoms with Crippen molar-refractivity contribution >= 4 is 11.9 Å². The van der Waals surface area contributed by atoms with E-state index >= 15 is 0 Å². The molecule has 8 heteroatoms. The maximum atomic E-state index is 12.4. The number of carbonyl (C=O) groups excluding carboxylic acids is 1. The van der Waals surface area contributed by atoms with Crippen molar-refractivity contribution < 1.29 is 13.7 Å². The van der Waals surface area contributed by atoms with Gasteiger partial charge in [-0.1, -0.05) is 31.1 Å². The average molecular weight is 424 g/mol. The molecule has 0 aliphatic heterocycles. The first-order valence-electron chi connectivity index (χ1n) is 10.4. The number of hydrogen-bond acceptors (Lipinski definition) is 5. The molecule has 8 nitrogen and oxygen atoms in total. The van der Waals surface area contributed by atoms with Crippen LogP contribution < -0.4 is 16.0 Å². The number of furan rings is 1. The van der Waals surface area contributed by atoms with E-state index < -0.39 is 0 Å². The van der Waals surface area contributed by atoms with Crippen molar-refractivity contribution in [1.82, 2.24) is 21.1 Å². The van der Waals surface area contributed by atoms with Gasteiger partial charge in [0.2, 0.25) is 0 Å². The summed E-state index contributed by atoms with van der Waals surface area (Å²) in [7, 11) is 1.73. The molecular weight excluding hydrogens is 394 g/mol. The third-order valence-electron chi connectivity index (χ3n) is 4.92. The fourth-order valence-corrected chi connectivity index (χ4v) is 3.22. The van der Waals surface area contributed by atoms with Gasteiger partial charge >= 0.3 is 0 Å². The van der Waals surface area contributed by atoms with Gasteiger partial charge in [0, 0.05) is 37.7 Å². The van der Waals surface area contributed by atoms with Gasteiger partial charge in [0.15, 0.2) is 5.96 Å². The number of guanidine groups is 1. The Bertz CT molecular complexity index is 987. The van der Waals surface area contributed by atoms with Gasteiger partial charge in [0.25, 0.3) is 5.91 Å². The number of amides is 1. The summed E-state index contributed by atoms with van der Waals surface area (Å²) in [5.41, 5.74) is 3.62. The van der Waals surface area contributed by atoms with Crippen LogP contribution in [0, 0.1) is 0 Å². The molecule has 1 aromatic carbocycles. The molecule has 0 aliphatic carbocycles. The average Bonchev–Trinajstić information content (AvgIpc) is 3.47. The van der Waals surface area contributed by atoms with Gasteiger partial charge in [-0.2, -0.15) is 0 Å². The number of aromatic nitrogens is 1. The first-order chi connectivity index (χ1) is 15.1. The number of carbonyl (C=O) groups is 1. The molecule has 0 bridgehead atoms. The van der Waals surface area contributed by atoms with E-state index in [9.17, 15) is 4.79 Å². The quantitative estimate of drug-likeness (QED) is 0.361. The Kier molecular flexibility index (Phi) is 7.86. The fourth-order valence-electron chi connectivity index (χ4n) is 3.22. The maximum absolute atomic E-state index is 12.4. The van der Waals surface area contributed by atoms with Gasteiger partial charge in [-0.05, 0) is 36.2 Å². The lowest BCUT2D eigenvalue weighted by atomic mass is 10.1. The topological polar surface area (TPSA) is 105 Å². The summed E-state index contributed by atoms with van der Waals surface area (Å²) in [6.07, 6.45) is 3.20. The van der Waals surface area contributed by atoms with Crippen molar-refractivity contribution in [2.75, 3.05) is 7.05 Å². The molecule has 0 unspecified atom stereocenters. The first kappa shape index (κ1) is 22.1. The fraction of sp³-hybridized carbons (Fsp3) is 0.348. The van der Waals surface area contributed by atoms with E-state index in [1.807, 2.05) is 31.2 Å². The molecule has 3 aromatic rings. The molecule has 3 rings (SSSR count). The summed E-state index contributed by atoms with van der Waals surface area (Å²) >= 11 is 0. The molecule has 2 heterocycles. The minimum atomic E-state index is -0.146. The minimum absolute atomic E-state index is 0.146. The molecule has 3 N–H and O–H groups in total. The molecule has 0 saturated heterocycles. The molecule has 31 heavy (non-hydrogen) atoms. The maximum Gasteiger partial charge on any atom is 0.251 e. The standard InChI is InChI=1S/C23H29N5O3/c1-4-20-19(21(5-2)31-28-20)15-27-23(24-3)26-13-16-8-6-9-17(12-16)22(29)25-14-18-10-7-11-30-18/h6-12H,4-5,13-15H2,1-3H3,(H,25,29)(H2,24,26,27). The zero-order valence-electron chi connectivity index (χ0n) is 18.2. The lowest BCUT2D eigenvalue weighted by molar-refractivity contribution is 0.0948. The number of benzene rings is 1. The van der Waals surface area contributed by atoms with Crippen LogP contribution in [-0.4, -0.2) is 24.1 Å². The second kappa shape index (κ2) is 11.0. The molecule has 164 valence electrons. The van der Waals surface area contributed by atoms with E-state index in [0.29, 0.717) is 36.9 Å². The zero-order chi connectivity index (χ0) is 22.1. The van der Waals surface area contributed by atoms with Gasteiger partial charge in [-0.15, -0.1) is 0 Å². The number of nitrogens with one attached hydrogen (secondary N) is 3. The van der Waals surface area contributed by atoms with Crippen LogP contribution in [0.1, 0.15) is 52.5 Å². The Morgan fingerprint density at radius 3 is 2.58 bits per heavy atom. The number of rotatable bonds is 9. The molecule has 0 atom stereocenters. The summed E-state index contributed by atoms with van der Waals surface area (Å²) < 4.78 is 10.7. The normalized spacial score (nSPS) is 11.4. The van der Waals surface area contributed by atoms with Gasteiger partial charge in [0.05, 0.1) is 18.5 Å². The van der Waals surface area contributed by atoms with Crippen molar-refractivity contribution in [3.8, 4) is 0 Å². The Morgan fingerprint density at radius 1 is 1.03 bits per heavy atom. The highest BCUT2D eigenvalue weighted by Crippen LogP contribution is 2.15. The lowest BCUT2D eigenvalue weighted by Crippen LogP contribution is -2.36. The van der Waals surface area contributed by atoms with Crippen LogP contribution in [-0.2, 0) is 32.5 Å². The summed E-state index contributed by atoms with van der Waals surface area (Å²) in [5.74, 6) is 2.13. The summed E-state index contributed by atoms with van der Waals surface area (Å²) in [6, 6.07) is 11.1. The Hall–Kier alpha value is -3.55. The molecule has 2 aromatic heterocycles. The molecular formula is C23H29N5O3. The summed E-state index contributed by atoms with van der Waals surface area (Å²) in [6.45, 7) is 5.59. The second-order valence-electron chi connectivity index (χ2n) is 6.98. The SMILES string of the molecule is CCc1noc(CC)c1CNC(=NC)NCc1cccc(C(=O)NCc2ccco2)c1. The van der Waals surface area contributed by atoms with Crippen molar-refractivity contribution in [2.45, 2.75) is 46.3 Å². The van der Waals surface area contributed by atoms with Crippen LogP contribution in [0.4, 0.5) is 0 Å². The number of hydrogen-bond donors (Lipinski definition) is 3. The molecule has 0 radical (unpaired) electrons. The molecule has 0 aliphatic rings. The van der Waals surface area contributed by atoms with E-state index in [1.165, 1.54) is 0 Å². The van der Waals surface area contributed by atoms with E-state index in [1.54, 1.807) is 25.4 Å². The number of aryl methyl sites for hydroxylation is 2. The smallest absolute Gasteiger partial charge is 0.251 e. The van der Waals surface area contributed by atoms with E-state index in [2.05, 4.69) is 33.0 Å². The van der Waals surface area contributed by atoms with Crippen molar-refractivity contribution in [3.05, 3.63) is 76.6 Å². The predicted octanol–water partition coefficient (Wildman–Crippen LogP) is 3.19. The second-order valence-corrected chi connectivity index (χ2v) is 6.98. The van der Waals surface area contributed by atoms with Gasteiger partial charge in [-0.25, -0.2) is 0 Å². The highest BCUT2D eigenvalue weighted by molar-refractivity contribution is 5.94. The minimum Gasteiger partial charge on any atom is -0.467 e. The van der Waals surface area contributed by atoms with Crippen molar-refractivity contribution in [1.29, 1.82) is 0 Å². The largest absolute Gasteiger partial charge is 0.467 e. The van der Waals surface area contributed by atoms with Crippen molar-refractivity contribution in [2.24, 2.45) is 4.99 Å². The van der Waals surface area contributed by atoms with Gasteiger partial charge < -0.3 is 24.9 Å². The molecule has 0 saturated carbocycles. The van der Waals surface area contributed by atoms with Crippen LogP contribution in [0.15, 0.2) is 56.6 Å². The zero-order valence-corrected chi connectivity index (χ0v) is 18.2. The number of aliphatic imine (C=N–C) groups is 1. The lowest BCUT2D eigenvalue weighted by Gasteiger charge is -2.13. The highest BCUT2D eigenvalue weighted by atomic mass is 16.5. The van der Waals surface area contributed by atoms with Crippen LogP contribution >= 0.6 is 0 Å². The van der Waals surface area contributed by atoms with E-state index in [4.69, 9.17) is 8.94 Å². The highest BCUT2D eigenvalue weighted by Gasteiger charge is 2.14. The van der Waals surface area contributed by atoms with Gasteiger partial charge in [0.1, 0.15) is 11.5 Å². The van der Waals surface area contributed by atoms with Crippen LogP contribution in [0.3, 0.4) is 0 Å². The number of nitrogens with zero attached hydrogens (tertiary/aromatic N) is 2. The Balaban J connectivity index is 1.54. The monoisotopic (exact) mass is 423 g/mol. The summed E-state index contributed by atoms with van der Waals surface area (Å²) in [5, 5.41) is 13.6. The Labute approximate surface area is 182 Å². The van der Waals surface area contributed by atoms with E-state index in [0.717, 1.165) is 35.4 Å². The molecule has 0 spiro atoms. The molecule has 1 amide bonds. The van der Waals surface area contributed by atoms with Crippen LogP contribution in [0.25, 0.3) is 0 Å².